The third kappa shape index (κ3) is 5.59. The number of carbonyl (C=O) groups excluding carboxylic acids is 1. The normalized spacial score (nSPS) is 10.6. The molecule has 20 heavy (non-hydrogen) atoms. The van der Waals surface area contributed by atoms with E-state index in [1.54, 1.807) is 0 Å². The van der Waals surface area contributed by atoms with Crippen molar-refractivity contribution in [1.29, 1.82) is 0 Å². The fourth-order valence-electron chi connectivity index (χ4n) is 1.90. The molecule has 0 bridgehead atoms. The highest BCUT2D eigenvalue weighted by atomic mass is 16.5. The molecule has 112 valence electrons. The van der Waals surface area contributed by atoms with Gasteiger partial charge in [0.2, 0.25) is 0 Å². The van der Waals surface area contributed by atoms with Crippen LogP contribution in [0.3, 0.4) is 0 Å². The lowest BCUT2D eigenvalue weighted by molar-refractivity contribution is -0.123. The summed E-state index contributed by atoms with van der Waals surface area (Å²) in [5.74, 6) is 0.567. The maximum absolute atomic E-state index is 11.7. The Hall–Kier alpha value is -1.59. The predicted molar refractivity (Wildman–Crippen MR) is 80.6 cm³/mol. The Morgan fingerprint density at radius 1 is 1.30 bits per heavy atom. The molecule has 5 nitrogen and oxygen atoms in total. The smallest absolute Gasteiger partial charge is 0.257 e. The Balaban J connectivity index is 2.29. The van der Waals surface area contributed by atoms with Crippen molar-refractivity contribution in [2.24, 2.45) is 5.73 Å². The minimum Gasteiger partial charge on any atom is -0.483 e. The Labute approximate surface area is 121 Å². The number of nitrogens with zero attached hydrogens (tertiary/aromatic N) is 1. The minimum atomic E-state index is -0.107. The van der Waals surface area contributed by atoms with E-state index in [1.807, 2.05) is 24.3 Å². The van der Waals surface area contributed by atoms with Gasteiger partial charge in [0.15, 0.2) is 6.61 Å². The summed E-state index contributed by atoms with van der Waals surface area (Å²) in [5.41, 5.74) is 6.52. The van der Waals surface area contributed by atoms with Crippen LogP contribution in [0.25, 0.3) is 0 Å². The Bertz CT molecular complexity index is 406. The Morgan fingerprint density at radius 2 is 2.00 bits per heavy atom. The van der Waals surface area contributed by atoms with Crippen LogP contribution < -0.4 is 15.8 Å². The Morgan fingerprint density at radius 3 is 2.65 bits per heavy atom. The van der Waals surface area contributed by atoms with E-state index in [2.05, 4.69) is 24.1 Å². The van der Waals surface area contributed by atoms with Gasteiger partial charge < -0.3 is 20.7 Å². The van der Waals surface area contributed by atoms with Crippen LogP contribution in [0, 0.1) is 0 Å². The summed E-state index contributed by atoms with van der Waals surface area (Å²) < 4.78 is 5.49. The van der Waals surface area contributed by atoms with E-state index in [4.69, 9.17) is 10.5 Å². The molecule has 0 atom stereocenters. The van der Waals surface area contributed by atoms with Gasteiger partial charge in [0.25, 0.3) is 5.91 Å². The van der Waals surface area contributed by atoms with Crippen LogP contribution in [-0.2, 0) is 11.3 Å². The van der Waals surface area contributed by atoms with Crippen molar-refractivity contribution < 1.29 is 9.53 Å². The molecule has 0 radical (unpaired) electrons. The maximum atomic E-state index is 11.7. The van der Waals surface area contributed by atoms with Crippen LogP contribution in [0.15, 0.2) is 24.3 Å². The summed E-state index contributed by atoms with van der Waals surface area (Å²) in [4.78, 5) is 13.9. The molecule has 0 aromatic heterocycles. The van der Waals surface area contributed by atoms with Gasteiger partial charge in [-0.2, -0.15) is 0 Å². The Kier molecular flexibility index (Phi) is 7.69. The first-order valence-corrected chi connectivity index (χ1v) is 7.11. The van der Waals surface area contributed by atoms with E-state index in [-0.39, 0.29) is 12.5 Å². The van der Waals surface area contributed by atoms with Crippen LogP contribution in [0.5, 0.6) is 5.75 Å². The number of para-hydroxylation sites is 1. The average molecular weight is 279 g/mol. The summed E-state index contributed by atoms with van der Waals surface area (Å²) in [6.07, 6.45) is 0. The summed E-state index contributed by atoms with van der Waals surface area (Å²) in [6, 6.07) is 7.49. The van der Waals surface area contributed by atoms with Gasteiger partial charge in [-0.25, -0.2) is 0 Å². The maximum Gasteiger partial charge on any atom is 0.257 e. The fourth-order valence-corrected chi connectivity index (χ4v) is 1.90. The van der Waals surface area contributed by atoms with Gasteiger partial charge in [0.1, 0.15) is 5.75 Å². The second-order valence-corrected chi connectivity index (χ2v) is 4.48. The topological polar surface area (TPSA) is 67.6 Å². The number of amides is 1. The molecule has 5 heteroatoms. The van der Waals surface area contributed by atoms with Gasteiger partial charge in [-0.3, -0.25) is 4.79 Å². The van der Waals surface area contributed by atoms with Crippen LogP contribution in [0.1, 0.15) is 19.4 Å². The number of likely N-dealkylation sites (N-methyl/N-ethyl adjacent to an activating group) is 1. The van der Waals surface area contributed by atoms with Crippen LogP contribution in [-0.4, -0.2) is 43.6 Å². The van der Waals surface area contributed by atoms with Crippen LogP contribution >= 0.6 is 0 Å². The number of nitrogens with two attached hydrogens (primary N) is 1. The number of rotatable bonds is 9. The zero-order chi connectivity index (χ0) is 14.8. The number of ether oxygens (including phenoxy) is 1. The first-order valence-electron chi connectivity index (χ1n) is 7.11. The monoisotopic (exact) mass is 279 g/mol. The minimum absolute atomic E-state index is 0.0231. The van der Waals surface area contributed by atoms with Crippen LogP contribution in [0.4, 0.5) is 0 Å². The summed E-state index contributed by atoms with van der Waals surface area (Å²) >= 11 is 0. The molecule has 0 aliphatic rings. The van der Waals surface area contributed by atoms with Gasteiger partial charge in [0, 0.05) is 25.2 Å². The first-order chi connectivity index (χ1) is 9.71. The van der Waals surface area contributed by atoms with Crippen molar-refractivity contribution in [2.45, 2.75) is 20.4 Å². The fraction of sp³-hybridized carbons (Fsp3) is 0.533. The molecule has 0 saturated carbocycles. The van der Waals surface area contributed by atoms with Gasteiger partial charge in [-0.05, 0) is 19.2 Å². The lowest BCUT2D eigenvalue weighted by Crippen LogP contribution is -2.36. The van der Waals surface area contributed by atoms with Crippen molar-refractivity contribution in [1.82, 2.24) is 10.2 Å². The van der Waals surface area contributed by atoms with E-state index < -0.39 is 0 Å². The lowest BCUT2D eigenvalue weighted by Gasteiger charge is -2.18. The third-order valence-corrected chi connectivity index (χ3v) is 3.20. The molecular formula is C15H25N3O2. The molecular weight excluding hydrogens is 254 g/mol. The third-order valence-electron chi connectivity index (χ3n) is 3.20. The van der Waals surface area contributed by atoms with Gasteiger partial charge >= 0.3 is 0 Å². The average Bonchev–Trinajstić information content (AvgIpc) is 2.49. The SMILES string of the molecule is CCN(CC)CCNC(=O)COc1ccccc1CN. The largest absolute Gasteiger partial charge is 0.483 e. The number of hydrogen-bond donors (Lipinski definition) is 2. The molecule has 0 saturated heterocycles. The van der Waals surface area contributed by atoms with Crippen molar-refractivity contribution in [3.63, 3.8) is 0 Å². The molecule has 0 spiro atoms. The highest BCUT2D eigenvalue weighted by Crippen LogP contribution is 2.16. The molecule has 1 aromatic rings. The van der Waals surface area contributed by atoms with Gasteiger partial charge in [0.05, 0.1) is 0 Å². The van der Waals surface area contributed by atoms with E-state index >= 15 is 0 Å². The van der Waals surface area contributed by atoms with Crippen molar-refractivity contribution in [3.05, 3.63) is 29.8 Å². The second-order valence-electron chi connectivity index (χ2n) is 4.48. The molecule has 0 fully saturated rings. The quantitative estimate of drug-likeness (QED) is 0.707. The molecule has 1 amide bonds. The standard InChI is InChI=1S/C15H25N3O2/c1-3-18(4-2)10-9-17-15(19)12-20-14-8-6-5-7-13(14)11-16/h5-8H,3-4,9-12,16H2,1-2H3,(H,17,19). The predicted octanol–water partition coefficient (Wildman–Crippen LogP) is 0.982. The highest BCUT2D eigenvalue weighted by Gasteiger charge is 2.06. The first kappa shape index (κ1) is 16.5. The second kappa shape index (κ2) is 9.34. The number of nitrogens with one attached hydrogen (secondary N) is 1. The number of benzene rings is 1. The highest BCUT2D eigenvalue weighted by molar-refractivity contribution is 5.77. The summed E-state index contributed by atoms with van der Waals surface area (Å²) in [7, 11) is 0. The zero-order valence-electron chi connectivity index (χ0n) is 12.4. The molecule has 0 aliphatic heterocycles. The lowest BCUT2D eigenvalue weighted by atomic mass is 10.2. The van der Waals surface area contributed by atoms with Crippen molar-refractivity contribution in [2.75, 3.05) is 32.8 Å². The molecule has 0 unspecified atom stereocenters. The number of carbonyl (C=O) groups is 1. The van der Waals surface area contributed by atoms with E-state index in [0.29, 0.717) is 18.8 Å². The van der Waals surface area contributed by atoms with Gasteiger partial charge in [-0.1, -0.05) is 32.0 Å². The summed E-state index contributed by atoms with van der Waals surface area (Å²) in [5, 5.41) is 2.85. The van der Waals surface area contributed by atoms with Crippen LogP contribution in [0.2, 0.25) is 0 Å². The molecule has 1 aromatic carbocycles. The van der Waals surface area contributed by atoms with Crippen molar-refractivity contribution in [3.8, 4) is 5.75 Å². The van der Waals surface area contributed by atoms with Gasteiger partial charge in [-0.15, -0.1) is 0 Å². The van der Waals surface area contributed by atoms with E-state index in [0.717, 1.165) is 25.2 Å². The number of hydrogen-bond acceptors (Lipinski definition) is 4. The zero-order valence-corrected chi connectivity index (χ0v) is 12.4. The molecule has 1 rings (SSSR count). The molecule has 0 heterocycles. The molecule has 3 N–H and O–H groups in total. The van der Waals surface area contributed by atoms with E-state index in [9.17, 15) is 4.79 Å². The van der Waals surface area contributed by atoms with E-state index in [1.165, 1.54) is 0 Å². The summed E-state index contributed by atoms with van der Waals surface area (Å²) in [6.45, 7) is 8.13. The van der Waals surface area contributed by atoms with Crippen molar-refractivity contribution >= 4 is 5.91 Å². The molecule has 0 aliphatic carbocycles.